The summed E-state index contributed by atoms with van der Waals surface area (Å²) in [7, 11) is 0. The van der Waals surface area contributed by atoms with Crippen molar-refractivity contribution in [3.8, 4) is 0 Å². The van der Waals surface area contributed by atoms with Crippen LogP contribution < -0.4 is 10.2 Å². The fourth-order valence-corrected chi connectivity index (χ4v) is 3.27. The van der Waals surface area contributed by atoms with E-state index in [1.54, 1.807) is 36.2 Å². The maximum absolute atomic E-state index is 12.8. The third-order valence-electron chi connectivity index (χ3n) is 4.80. The Bertz CT molecular complexity index is 1140. The number of carbonyl (C=O) groups is 2. The lowest BCUT2D eigenvalue weighted by molar-refractivity contribution is -0.120. The zero-order valence-corrected chi connectivity index (χ0v) is 17.0. The molecule has 1 aromatic heterocycles. The van der Waals surface area contributed by atoms with Gasteiger partial charge in [0, 0.05) is 12.7 Å². The van der Waals surface area contributed by atoms with E-state index < -0.39 is 0 Å². The number of nitrogens with zero attached hydrogens (tertiary/aromatic N) is 4. The highest BCUT2D eigenvalue weighted by Gasteiger charge is 2.29. The number of anilines is 1. The normalized spacial score (nSPS) is 14.6. The summed E-state index contributed by atoms with van der Waals surface area (Å²) >= 11 is 0. The molecule has 1 aliphatic heterocycles. The van der Waals surface area contributed by atoms with Crippen LogP contribution in [0.25, 0.3) is 6.08 Å². The van der Waals surface area contributed by atoms with Gasteiger partial charge in [0.1, 0.15) is 11.5 Å². The highest BCUT2D eigenvalue weighted by molar-refractivity contribution is 6.28. The first-order valence-electron chi connectivity index (χ1n) is 9.89. The summed E-state index contributed by atoms with van der Waals surface area (Å²) in [5.74, 6) is 0.297. The minimum absolute atomic E-state index is 0.0548. The lowest BCUT2D eigenvalue weighted by Gasteiger charge is -2.16. The number of nitrogens with one attached hydrogen (secondary N) is 1. The molecule has 3 aromatic rings. The van der Waals surface area contributed by atoms with Crippen LogP contribution in [0.1, 0.15) is 23.7 Å². The monoisotopic (exact) mass is 411 g/mol. The summed E-state index contributed by atoms with van der Waals surface area (Å²) in [6, 6.07) is 20.6. The van der Waals surface area contributed by atoms with E-state index in [0.29, 0.717) is 29.5 Å². The van der Waals surface area contributed by atoms with Gasteiger partial charge in [-0.1, -0.05) is 42.5 Å². The Morgan fingerprint density at radius 1 is 1.00 bits per heavy atom. The van der Waals surface area contributed by atoms with Crippen molar-refractivity contribution in [3.05, 3.63) is 95.4 Å². The van der Waals surface area contributed by atoms with Crippen LogP contribution in [-0.2, 0) is 22.6 Å². The fourth-order valence-electron chi connectivity index (χ4n) is 3.27. The van der Waals surface area contributed by atoms with Gasteiger partial charge >= 0.3 is 0 Å². The molecule has 0 spiro atoms. The Morgan fingerprint density at radius 2 is 1.77 bits per heavy atom. The second kappa shape index (κ2) is 9.13. The second-order valence-electron chi connectivity index (χ2n) is 7.08. The van der Waals surface area contributed by atoms with Crippen LogP contribution in [0, 0.1) is 0 Å². The number of hydrogen-bond acceptors (Lipinski definition) is 5. The number of rotatable bonds is 6. The molecule has 0 bridgehead atoms. The van der Waals surface area contributed by atoms with Gasteiger partial charge in [-0.3, -0.25) is 14.5 Å². The molecule has 31 heavy (non-hydrogen) atoms. The molecule has 0 radical (unpaired) electrons. The first-order valence-corrected chi connectivity index (χ1v) is 9.89. The zero-order chi connectivity index (χ0) is 21.6. The van der Waals surface area contributed by atoms with E-state index in [1.165, 1.54) is 0 Å². The summed E-state index contributed by atoms with van der Waals surface area (Å²) in [5, 5.41) is 10.7. The lowest BCUT2D eigenvalue weighted by atomic mass is 10.1. The highest BCUT2D eigenvalue weighted by atomic mass is 16.2. The quantitative estimate of drug-likeness (QED) is 0.631. The van der Waals surface area contributed by atoms with Gasteiger partial charge in [-0.15, -0.1) is 0 Å². The van der Waals surface area contributed by atoms with Crippen LogP contribution in [0.15, 0.2) is 83.6 Å². The van der Waals surface area contributed by atoms with E-state index in [2.05, 4.69) is 20.5 Å². The largest absolute Gasteiger partial charge is 0.352 e. The molecule has 1 aliphatic rings. The molecule has 2 aromatic carbocycles. The summed E-state index contributed by atoms with van der Waals surface area (Å²) in [6.45, 7) is 2.27. The summed E-state index contributed by atoms with van der Waals surface area (Å²) in [6.07, 6.45) is 3.46. The molecule has 7 heteroatoms. The van der Waals surface area contributed by atoms with Crippen LogP contribution in [-0.4, -0.2) is 27.8 Å². The molecule has 7 nitrogen and oxygen atoms in total. The number of amides is 2. The Balaban J connectivity index is 1.40. The number of benzene rings is 2. The highest BCUT2D eigenvalue weighted by Crippen LogP contribution is 2.25. The average Bonchev–Trinajstić information content (AvgIpc) is 3.07. The number of aliphatic imine (C=N–C) groups is 1. The first kappa shape index (κ1) is 20.2. The van der Waals surface area contributed by atoms with Crippen molar-refractivity contribution in [2.45, 2.75) is 19.9 Å². The predicted octanol–water partition coefficient (Wildman–Crippen LogP) is 3.14. The van der Waals surface area contributed by atoms with E-state index in [-0.39, 0.29) is 18.2 Å². The standard InChI is InChI=1S/C24H21N5O2/c1-17-27-22(15-20-8-5-13-26-28-20)24(31)29(17)21-11-9-18(10-12-21)14-23(30)25-16-19-6-3-2-4-7-19/h2-13,15H,14,16H2,1H3,(H,25,30)/b22-15-. The molecule has 0 saturated heterocycles. The molecular weight excluding hydrogens is 390 g/mol. The van der Waals surface area contributed by atoms with E-state index in [0.717, 1.165) is 11.1 Å². The van der Waals surface area contributed by atoms with Crippen LogP contribution >= 0.6 is 0 Å². The lowest BCUT2D eigenvalue weighted by Crippen LogP contribution is -2.30. The molecule has 2 heterocycles. The summed E-state index contributed by atoms with van der Waals surface area (Å²) in [5.41, 5.74) is 3.50. The van der Waals surface area contributed by atoms with Gasteiger partial charge in [0.05, 0.1) is 17.8 Å². The van der Waals surface area contributed by atoms with Crippen molar-refractivity contribution >= 4 is 29.4 Å². The number of amidine groups is 1. The SMILES string of the molecule is CC1=N/C(=C\c2cccnn2)C(=O)N1c1ccc(CC(=O)NCc2ccccc2)cc1. The van der Waals surface area contributed by atoms with Crippen LogP contribution in [0.2, 0.25) is 0 Å². The maximum atomic E-state index is 12.8. The average molecular weight is 411 g/mol. The van der Waals surface area contributed by atoms with E-state index in [1.807, 2.05) is 54.6 Å². The number of aromatic nitrogens is 2. The number of hydrogen-bond donors (Lipinski definition) is 1. The molecule has 0 unspecified atom stereocenters. The van der Waals surface area contributed by atoms with Gasteiger partial charge in [0.2, 0.25) is 5.91 Å². The van der Waals surface area contributed by atoms with Crippen molar-refractivity contribution < 1.29 is 9.59 Å². The molecule has 0 atom stereocenters. The molecule has 4 rings (SSSR count). The maximum Gasteiger partial charge on any atom is 0.282 e. The van der Waals surface area contributed by atoms with Gasteiger partial charge < -0.3 is 5.32 Å². The van der Waals surface area contributed by atoms with Crippen molar-refractivity contribution in [3.63, 3.8) is 0 Å². The summed E-state index contributed by atoms with van der Waals surface area (Å²) in [4.78, 5) is 31.0. The Morgan fingerprint density at radius 3 is 2.48 bits per heavy atom. The molecule has 0 fully saturated rings. The van der Waals surface area contributed by atoms with Crippen molar-refractivity contribution in [2.75, 3.05) is 4.90 Å². The van der Waals surface area contributed by atoms with E-state index in [9.17, 15) is 9.59 Å². The third kappa shape index (κ3) is 4.90. The van der Waals surface area contributed by atoms with Gasteiger partial charge in [0.15, 0.2) is 0 Å². The number of carbonyl (C=O) groups excluding carboxylic acids is 2. The summed E-state index contributed by atoms with van der Waals surface area (Å²) < 4.78 is 0. The zero-order valence-electron chi connectivity index (χ0n) is 17.0. The minimum Gasteiger partial charge on any atom is -0.352 e. The van der Waals surface area contributed by atoms with Crippen LogP contribution in [0.5, 0.6) is 0 Å². The van der Waals surface area contributed by atoms with Crippen molar-refractivity contribution in [2.24, 2.45) is 4.99 Å². The first-order chi connectivity index (χ1) is 15.1. The Labute approximate surface area is 180 Å². The molecule has 2 amide bonds. The van der Waals surface area contributed by atoms with E-state index in [4.69, 9.17) is 0 Å². The van der Waals surface area contributed by atoms with Crippen molar-refractivity contribution in [1.29, 1.82) is 0 Å². The fraction of sp³-hybridized carbons (Fsp3) is 0.125. The Kier molecular flexibility index (Phi) is 5.93. The van der Waals surface area contributed by atoms with Crippen LogP contribution in [0.3, 0.4) is 0 Å². The van der Waals surface area contributed by atoms with Crippen molar-refractivity contribution in [1.82, 2.24) is 15.5 Å². The topological polar surface area (TPSA) is 87.6 Å². The van der Waals surface area contributed by atoms with Gasteiger partial charge in [-0.05, 0) is 48.4 Å². The molecular formula is C24H21N5O2. The third-order valence-corrected chi connectivity index (χ3v) is 4.80. The molecule has 0 saturated carbocycles. The minimum atomic E-state index is -0.225. The van der Waals surface area contributed by atoms with Gasteiger partial charge in [-0.2, -0.15) is 10.2 Å². The molecule has 1 N–H and O–H groups in total. The van der Waals surface area contributed by atoms with Gasteiger partial charge in [-0.25, -0.2) is 4.99 Å². The predicted molar refractivity (Wildman–Crippen MR) is 119 cm³/mol. The smallest absolute Gasteiger partial charge is 0.282 e. The Hall–Kier alpha value is -4.13. The second-order valence-corrected chi connectivity index (χ2v) is 7.08. The molecule has 154 valence electrons. The molecule has 0 aliphatic carbocycles. The van der Waals surface area contributed by atoms with E-state index >= 15 is 0 Å². The van der Waals surface area contributed by atoms with Crippen LogP contribution in [0.4, 0.5) is 5.69 Å². The van der Waals surface area contributed by atoms with Gasteiger partial charge in [0.25, 0.3) is 5.91 Å².